The Morgan fingerprint density at radius 3 is 2.50 bits per heavy atom. The number of hydrogen-bond acceptors (Lipinski definition) is 4. The number of carbonyl (C=O) groups excluding carboxylic acids is 1. The van der Waals surface area contributed by atoms with Gasteiger partial charge in [0.25, 0.3) is 0 Å². The lowest BCUT2D eigenvalue weighted by Gasteiger charge is -2.35. The van der Waals surface area contributed by atoms with Crippen molar-refractivity contribution in [1.82, 2.24) is 14.8 Å². The topological polar surface area (TPSA) is 57.8 Å². The molecule has 7 heteroatoms. The van der Waals surface area contributed by atoms with E-state index in [4.69, 9.17) is 21.1 Å². The highest BCUT2D eigenvalue weighted by Crippen LogP contribution is 2.38. The van der Waals surface area contributed by atoms with Crippen LogP contribution in [0.2, 0.25) is 5.02 Å². The first kappa shape index (κ1) is 22.5. The number of ether oxygens (including phenoxy) is 2. The third kappa shape index (κ3) is 4.57. The number of carbonyl (C=O) groups is 1. The van der Waals surface area contributed by atoms with Crippen molar-refractivity contribution in [2.45, 2.75) is 19.3 Å². The van der Waals surface area contributed by atoms with Gasteiger partial charge in [-0.15, -0.1) is 0 Å². The number of hydrogen-bond donors (Lipinski definition) is 1. The van der Waals surface area contributed by atoms with Crippen molar-refractivity contribution in [3.8, 4) is 11.5 Å². The van der Waals surface area contributed by atoms with E-state index in [2.05, 4.69) is 16.8 Å². The molecule has 170 valence electrons. The molecule has 4 rings (SSSR count). The molecule has 0 radical (unpaired) electrons. The Morgan fingerprint density at radius 1 is 1.06 bits per heavy atom. The van der Waals surface area contributed by atoms with Gasteiger partial charge in [-0.3, -0.25) is 4.79 Å². The average Bonchev–Trinajstić information content (AvgIpc) is 3.24. The highest BCUT2D eigenvalue weighted by Gasteiger charge is 2.27. The van der Waals surface area contributed by atoms with E-state index >= 15 is 0 Å². The molecular weight excluding hydrogens is 426 g/mol. The van der Waals surface area contributed by atoms with E-state index in [9.17, 15) is 4.79 Å². The minimum absolute atomic E-state index is 0.140. The number of piperazine rings is 1. The van der Waals surface area contributed by atoms with Gasteiger partial charge in [0, 0.05) is 60.6 Å². The first-order chi connectivity index (χ1) is 15.5. The minimum Gasteiger partial charge on any atom is -0.493 e. The molecule has 1 atom stereocenters. The number of aromatic amines is 1. The SMILES string of the molecule is CCN1CCN(C(=O)CC(c2ccc(OC)c(OC)c2)c2c[nH]c3ccc(Cl)cc23)CC1. The fraction of sp³-hybridized carbons (Fsp3) is 0.400. The van der Waals surface area contributed by atoms with Crippen molar-refractivity contribution in [2.24, 2.45) is 0 Å². The fourth-order valence-corrected chi connectivity index (χ4v) is 4.67. The monoisotopic (exact) mass is 455 g/mol. The molecule has 1 aliphatic heterocycles. The summed E-state index contributed by atoms with van der Waals surface area (Å²) < 4.78 is 11.0. The van der Waals surface area contributed by atoms with E-state index in [-0.39, 0.29) is 11.8 Å². The quantitative estimate of drug-likeness (QED) is 0.569. The van der Waals surface area contributed by atoms with Crippen molar-refractivity contribution in [1.29, 1.82) is 0 Å². The molecule has 32 heavy (non-hydrogen) atoms. The fourth-order valence-electron chi connectivity index (χ4n) is 4.50. The Hall–Kier alpha value is -2.70. The second-order valence-corrected chi connectivity index (χ2v) is 8.56. The van der Waals surface area contributed by atoms with Gasteiger partial charge >= 0.3 is 0 Å². The van der Waals surface area contributed by atoms with Crippen LogP contribution in [0.4, 0.5) is 0 Å². The largest absolute Gasteiger partial charge is 0.493 e. The number of amides is 1. The number of rotatable bonds is 7. The molecule has 1 aliphatic rings. The van der Waals surface area contributed by atoms with Gasteiger partial charge in [0.15, 0.2) is 11.5 Å². The highest BCUT2D eigenvalue weighted by atomic mass is 35.5. The number of benzene rings is 2. The summed E-state index contributed by atoms with van der Waals surface area (Å²) >= 11 is 6.31. The Kier molecular flexibility index (Phi) is 6.92. The summed E-state index contributed by atoms with van der Waals surface area (Å²) in [5, 5.41) is 1.70. The van der Waals surface area contributed by atoms with Crippen molar-refractivity contribution >= 4 is 28.4 Å². The van der Waals surface area contributed by atoms with Crippen molar-refractivity contribution in [2.75, 3.05) is 46.9 Å². The molecule has 1 fully saturated rings. The van der Waals surface area contributed by atoms with Crippen LogP contribution in [-0.2, 0) is 4.79 Å². The first-order valence-corrected chi connectivity index (χ1v) is 11.4. The molecule has 0 spiro atoms. The van der Waals surface area contributed by atoms with Gasteiger partial charge in [0.05, 0.1) is 14.2 Å². The van der Waals surface area contributed by atoms with Gasteiger partial charge in [-0.25, -0.2) is 0 Å². The maximum atomic E-state index is 13.4. The maximum absolute atomic E-state index is 13.4. The molecule has 1 saturated heterocycles. The second kappa shape index (κ2) is 9.84. The van der Waals surface area contributed by atoms with E-state index < -0.39 is 0 Å². The molecule has 3 aromatic rings. The zero-order chi connectivity index (χ0) is 22.7. The molecule has 2 heterocycles. The lowest BCUT2D eigenvalue weighted by molar-refractivity contribution is -0.133. The second-order valence-electron chi connectivity index (χ2n) is 8.12. The van der Waals surface area contributed by atoms with E-state index in [1.54, 1.807) is 14.2 Å². The molecule has 1 unspecified atom stereocenters. The summed E-state index contributed by atoms with van der Waals surface area (Å²) in [6.45, 7) is 6.56. The summed E-state index contributed by atoms with van der Waals surface area (Å²) in [5.74, 6) is 1.34. The van der Waals surface area contributed by atoms with Crippen LogP contribution >= 0.6 is 11.6 Å². The Balaban J connectivity index is 1.70. The van der Waals surface area contributed by atoms with E-state index in [0.717, 1.165) is 54.8 Å². The lowest BCUT2D eigenvalue weighted by Crippen LogP contribution is -2.48. The van der Waals surface area contributed by atoms with E-state index in [0.29, 0.717) is 22.9 Å². The van der Waals surface area contributed by atoms with Crippen LogP contribution in [0.15, 0.2) is 42.6 Å². The van der Waals surface area contributed by atoms with Crippen LogP contribution in [0.25, 0.3) is 10.9 Å². The van der Waals surface area contributed by atoms with Gasteiger partial charge in [-0.05, 0) is 48.0 Å². The molecular formula is C25H30ClN3O3. The number of fused-ring (bicyclic) bond motifs is 1. The average molecular weight is 456 g/mol. The van der Waals surface area contributed by atoms with Gasteiger partial charge in [0.1, 0.15) is 0 Å². The molecule has 0 aliphatic carbocycles. The summed E-state index contributed by atoms with van der Waals surface area (Å²) in [7, 11) is 3.25. The van der Waals surface area contributed by atoms with Crippen LogP contribution in [0.5, 0.6) is 11.5 Å². The van der Waals surface area contributed by atoms with Crippen LogP contribution < -0.4 is 9.47 Å². The first-order valence-electron chi connectivity index (χ1n) is 11.0. The van der Waals surface area contributed by atoms with Crippen LogP contribution in [0.1, 0.15) is 30.4 Å². The van der Waals surface area contributed by atoms with Gasteiger partial charge < -0.3 is 24.3 Å². The Bertz CT molecular complexity index is 1090. The molecule has 1 amide bonds. The Labute approximate surface area is 194 Å². The highest BCUT2D eigenvalue weighted by molar-refractivity contribution is 6.31. The minimum atomic E-state index is -0.140. The lowest BCUT2D eigenvalue weighted by atomic mass is 9.87. The number of methoxy groups -OCH3 is 2. The summed E-state index contributed by atoms with van der Waals surface area (Å²) in [6, 6.07) is 11.7. The Morgan fingerprint density at radius 2 is 1.81 bits per heavy atom. The van der Waals surface area contributed by atoms with Gasteiger partial charge in [0.2, 0.25) is 5.91 Å². The number of nitrogens with one attached hydrogen (secondary N) is 1. The normalized spacial score (nSPS) is 15.7. The molecule has 0 bridgehead atoms. The van der Waals surface area contributed by atoms with Gasteiger partial charge in [-0.2, -0.15) is 0 Å². The van der Waals surface area contributed by atoms with Crippen molar-refractivity contribution in [3.63, 3.8) is 0 Å². The molecule has 6 nitrogen and oxygen atoms in total. The van der Waals surface area contributed by atoms with E-state index in [1.807, 2.05) is 47.5 Å². The molecule has 1 aromatic heterocycles. The zero-order valence-corrected chi connectivity index (χ0v) is 19.6. The van der Waals surface area contributed by atoms with E-state index in [1.165, 1.54) is 0 Å². The van der Waals surface area contributed by atoms with Crippen molar-refractivity contribution < 1.29 is 14.3 Å². The van der Waals surface area contributed by atoms with Crippen molar-refractivity contribution in [3.05, 3.63) is 58.7 Å². The summed E-state index contributed by atoms with van der Waals surface area (Å²) in [4.78, 5) is 21.1. The standard InChI is InChI=1S/C25H30ClN3O3/c1-4-28-9-11-29(12-10-28)25(30)15-19(17-5-8-23(31-2)24(13-17)32-3)21-16-27-22-7-6-18(26)14-20(21)22/h5-8,13-14,16,19,27H,4,9-12,15H2,1-3H3. The smallest absolute Gasteiger partial charge is 0.223 e. The van der Waals surface area contributed by atoms with Crippen LogP contribution in [-0.4, -0.2) is 67.6 Å². The number of likely N-dealkylation sites (N-methyl/N-ethyl adjacent to an activating group) is 1. The molecule has 0 saturated carbocycles. The summed E-state index contributed by atoms with van der Waals surface area (Å²) in [5.41, 5.74) is 3.05. The third-order valence-electron chi connectivity index (χ3n) is 6.41. The number of nitrogens with zero attached hydrogens (tertiary/aromatic N) is 2. The number of aromatic nitrogens is 1. The van der Waals surface area contributed by atoms with Crippen LogP contribution in [0.3, 0.4) is 0 Å². The maximum Gasteiger partial charge on any atom is 0.223 e. The zero-order valence-electron chi connectivity index (χ0n) is 18.9. The van der Waals surface area contributed by atoms with Gasteiger partial charge in [-0.1, -0.05) is 24.6 Å². The van der Waals surface area contributed by atoms with Crippen LogP contribution in [0, 0.1) is 0 Å². The number of halogens is 1. The predicted octanol–water partition coefficient (Wildman–Crippen LogP) is 4.52. The molecule has 2 aromatic carbocycles. The summed E-state index contributed by atoms with van der Waals surface area (Å²) in [6.07, 6.45) is 2.37. The predicted molar refractivity (Wildman–Crippen MR) is 128 cm³/mol. The third-order valence-corrected chi connectivity index (χ3v) is 6.65. The molecule has 1 N–H and O–H groups in total. The number of H-pyrrole nitrogens is 1.